The molecule has 0 spiro atoms. The van der Waals surface area contributed by atoms with Gasteiger partial charge in [-0.2, -0.15) is 10.2 Å². The highest BCUT2D eigenvalue weighted by Crippen LogP contribution is 2.24. The third-order valence-corrected chi connectivity index (χ3v) is 2.88. The van der Waals surface area contributed by atoms with E-state index in [0.717, 1.165) is 11.3 Å². The summed E-state index contributed by atoms with van der Waals surface area (Å²) in [7, 11) is 1.60. The monoisotopic (exact) mass is 278 g/mol. The number of aromatic nitrogens is 3. The predicted octanol–water partition coefficient (Wildman–Crippen LogP) is 2.68. The van der Waals surface area contributed by atoms with Crippen LogP contribution in [-0.2, 0) is 0 Å². The van der Waals surface area contributed by atoms with E-state index in [1.54, 1.807) is 19.2 Å². The molecule has 0 saturated carbocycles. The molecule has 21 heavy (non-hydrogen) atoms. The lowest BCUT2D eigenvalue weighted by Crippen LogP contribution is -1.86. The van der Waals surface area contributed by atoms with Crippen LogP contribution < -0.4 is 4.74 Å². The van der Waals surface area contributed by atoms with Crippen molar-refractivity contribution in [2.24, 2.45) is 0 Å². The van der Waals surface area contributed by atoms with Crippen LogP contribution in [0.3, 0.4) is 0 Å². The van der Waals surface area contributed by atoms with Crippen LogP contribution in [0.5, 0.6) is 5.75 Å². The number of hydrogen-bond acceptors (Lipinski definition) is 6. The van der Waals surface area contributed by atoms with Gasteiger partial charge in [-0.25, -0.2) is 4.98 Å². The summed E-state index contributed by atoms with van der Waals surface area (Å²) in [6.07, 6.45) is 1.53. The van der Waals surface area contributed by atoms with Gasteiger partial charge in [0.1, 0.15) is 17.5 Å². The minimum absolute atomic E-state index is 0.300. The summed E-state index contributed by atoms with van der Waals surface area (Å²) in [4.78, 5) is 8.23. The average Bonchev–Trinajstić information content (AvgIpc) is 3.05. The van der Waals surface area contributed by atoms with Crippen LogP contribution in [0.25, 0.3) is 22.8 Å². The third kappa shape index (κ3) is 2.58. The van der Waals surface area contributed by atoms with Crippen LogP contribution in [0.15, 0.2) is 47.1 Å². The zero-order valence-corrected chi connectivity index (χ0v) is 11.1. The van der Waals surface area contributed by atoms with E-state index in [2.05, 4.69) is 15.1 Å². The molecule has 0 amide bonds. The Morgan fingerprint density at radius 2 is 2.10 bits per heavy atom. The molecule has 0 saturated heterocycles. The first-order chi connectivity index (χ1) is 10.3. The fourth-order valence-corrected chi connectivity index (χ4v) is 1.84. The van der Waals surface area contributed by atoms with E-state index in [1.807, 2.05) is 30.3 Å². The standard InChI is InChI=1S/C15H10N4O2/c1-20-13-4-2-3-10(8-13)14-18-15(21-19-14)11-5-6-17-12(7-11)9-16/h2-8H,1H3. The number of methoxy groups -OCH3 is 1. The first kappa shape index (κ1) is 12.8. The summed E-state index contributed by atoms with van der Waals surface area (Å²) < 4.78 is 10.4. The SMILES string of the molecule is COc1cccc(-c2noc(-c3ccnc(C#N)c3)n2)c1. The Morgan fingerprint density at radius 1 is 1.19 bits per heavy atom. The van der Waals surface area contributed by atoms with Crippen molar-refractivity contribution in [2.75, 3.05) is 7.11 Å². The summed E-state index contributed by atoms with van der Waals surface area (Å²) >= 11 is 0. The molecule has 3 rings (SSSR count). The fourth-order valence-electron chi connectivity index (χ4n) is 1.84. The van der Waals surface area contributed by atoms with Crippen LogP contribution in [0.2, 0.25) is 0 Å². The first-order valence-corrected chi connectivity index (χ1v) is 6.15. The van der Waals surface area contributed by atoms with E-state index in [9.17, 15) is 0 Å². The maximum Gasteiger partial charge on any atom is 0.258 e. The minimum atomic E-state index is 0.300. The minimum Gasteiger partial charge on any atom is -0.497 e. The number of benzene rings is 1. The van der Waals surface area contributed by atoms with Gasteiger partial charge in [0.2, 0.25) is 5.82 Å². The molecule has 0 unspecified atom stereocenters. The third-order valence-electron chi connectivity index (χ3n) is 2.88. The molecule has 0 aliphatic heterocycles. The van der Waals surface area contributed by atoms with Crippen molar-refractivity contribution < 1.29 is 9.26 Å². The molecule has 6 nitrogen and oxygen atoms in total. The Hall–Kier alpha value is -3.20. The topological polar surface area (TPSA) is 84.8 Å². The Labute approximate surface area is 120 Å². The van der Waals surface area contributed by atoms with Gasteiger partial charge in [0.05, 0.1) is 7.11 Å². The van der Waals surface area contributed by atoms with Gasteiger partial charge in [0, 0.05) is 17.3 Å². The molecule has 0 aliphatic rings. The van der Waals surface area contributed by atoms with Crippen molar-refractivity contribution in [3.8, 4) is 34.7 Å². The Balaban J connectivity index is 1.97. The van der Waals surface area contributed by atoms with Gasteiger partial charge in [-0.05, 0) is 24.3 Å². The molecular formula is C15H10N4O2. The predicted molar refractivity (Wildman–Crippen MR) is 74.2 cm³/mol. The van der Waals surface area contributed by atoms with E-state index < -0.39 is 0 Å². The van der Waals surface area contributed by atoms with E-state index >= 15 is 0 Å². The van der Waals surface area contributed by atoms with Gasteiger partial charge >= 0.3 is 0 Å². The summed E-state index contributed by atoms with van der Waals surface area (Å²) in [5, 5.41) is 12.8. The summed E-state index contributed by atoms with van der Waals surface area (Å²) in [5.74, 6) is 1.51. The number of nitriles is 1. The zero-order chi connectivity index (χ0) is 14.7. The molecule has 0 radical (unpaired) electrons. The molecular weight excluding hydrogens is 268 g/mol. The fraction of sp³-hybridized carbons (Fsp3) is 0.0667. The number of nitrogens with zero attached hydrogens (tertiary/aromatic N) is 4. The second kappa shape index (κ2) is 5.43. The van der Waals surface area contributed by atoms with Gasteiger partial charge in [0.15, 0.2) is 0 Å². The molecule has 0 atom stereocenters. The van der Waals surface area contributed by atoms with E-state index in [-0.39, 0.29) is 0 Å². The summed E-state index contributed by atoms with van der Waals surface area (Å²) in [5.41, 5.74) is 1.75. The zero-order valence-electron chi connectivity index (χ0n) is 11.1. The number of ether oxygens (including phenoxy) is 1. The largest absolute Gasteiger partial charge is 0.497 e. The van der Waals surface area contributed by atoms with Crippen molar-refractivity contribution in [3.05, 3.63) is 48.3 Å². The molecule has 0 bridgehead atoms. The van der Waals surface area contributed by atoms with Crippen LogP contribution >= 0.6 is 0 Å². The maximum absolute atomic E-state index is 8.86. The Kier molecular flexibility index (Phi) is 3.31. The van der Waals surface area contributed by atoms with Crippen molar-refractivity contribution in [1.82, 2.24) is 15.1 Å². The molecule has 102 valence electrons. The lowest BCUT2D eigenvalue weighted by molar-refractivity contribution is 0.414. The molecule has 6 heteroatoms. The van der Waals surface area contributed by atoms with Crippen molar-refractivity contribution in [2.45, 2.75) is 0 Å². The molecule has 0 N–H and O–H groups in total. The molecule has 0 aliphatic carbocycles. The van der Waals surface area contributed by atoms with Gasteiger partial charge in [0.25, 0.3) is 5.89 Å². The van der Waals surface area contributed by atoms with Crippen LogP contribution in [-0.4, -0.2) is 22.2 Å². The van der Waals surface area contributed by atoms with Gasteiger partial charge in [-0.1, -0.05) is 17.3 Å². The van der Waals surface area contributed by atoms with Crippen molar-refractivity contribution in [1.29, 1.82) is 5.26 Å². The van der Waals surface area contributed by atoms with Gasteiger partial charge < -0.3 is 9.26 Å². The molecule has 1 aromatic carbocycles. The van der Waals surface area contributed by atoms with E-state index in [0.29, 0.717) is 23.0 Å². The lowest BCUT2D eigenvalue weighted by Gasteiger charge is -1.99. The second-order valence-corrected chi connectivity index (χ2v) is 4.20. The van der Waals surface area contributed by atoms with Crippen molar-refractivity contribution >= 4 is 0 Å². The highest BCUT2D eigenvalue weighted by Gasteiger charge is 2.11. The summed E-state index contributed by atoms with van der Waals surface area (Å²) in [6, 6.07) is 12.7. The van der Waals surface area contributed by atoms with Crippen LogP contribution in [0.1, 0.15) is 5.69 Å². The van der Waals surface area contributed by atoms with Crippen LogP contribution in [0.4, 0.5) is 0 Å². The first-order valence-electron chi connectivity index (χ1n) is 6.15. The normalized spacial score (nSPS) is 10.1. The van der Waals surface area contributed by atoms with Gasteiger partial charge in [-0.15, -0.1) is 0 Å². The van der Waals surface area contributed by atoms with Crippen LogP contribution in [0, 0.1) is 11.3 Å². The van der Waals surface area contributed by atoms with E-state index in [4.69, 9.17) is 14.5 Å². The molecule has 3 aromatic rings. The van der Waals surface area contributed by atoms with Gasteiger partial charge in [-0.3, -0.25) is 0 Å². The summed E-state index contributed by atoms with van der Waals surface area (Å²) in [6.45, 7) is 0. The second-order valence-electron chi connectivity index (χ2n) is 4.20. The number of pyridine rings is 1. The highest BCUT2D eigenvalue weighted by molar-refractivity contribution is 5.61. The highest BCUT2D eigenvalue weighted by atomic mass is 16.5. The smallest absolute Gasteiger partial charge is 0.258 e. The van der Waals surface area contributed by atoms with E-state index in [1.165, 1.54) is 6.20 Å². The lowest BCUT2D eigenvalue weighted by atomic mass is 10.2. The Morgan fingerprint density at radius 3 is 2.90 bits per heavy atom. The molecule has 2 aromatic heterocycles. The number of rotatable bonds is 3. The quantitative estimate of drug-likeness (QED) is 0.732. The number of hydrogen-bond donors (Lipinski definition) is 0. The maximum atomic E-state index is 8.86. The molecule has 2 heterocycles. The molecule has 0 fully saturated rings. The average molecular weight is 278 g/mol. The Bertz CT molecular complexity index is 820. The van der Waals surface area contributed by atoms with Crippen molar-refractivity contribution in [3.63, 3.8) is 0 Å².